The van der Waals surface area contributed by atoms with E-state index in [4.69, 9.17) is 10.5 Å². The van der Waals surface area contributed by atoms with Crippen LogP contribution in [-0.2, 0) is 6.42 Å². The van der Waals surface area contributed by atoms with Gasteiger partial charge < -0.3 is 10.5 Å². The predicted octanol–water partition coefficient (Wildman–Crippen LogP) is 2.98. The third kappa shape index (κ3) is 2.63. The van der Waals surface area contributed by atoms with Gasteiger partial charge >= 0.3 is 0 Å². The first-order chi connectivity index (χ1) is 8.10. The van der Waals surface area contributed by atoms with Crippen molar-refractivity contribution in [3.63, 3.8) is 0 Å². The number of ether oxygens (including phenoxy) is 1. The van der Waals surface area contributed by atoms with Crippen LogP contribution in [0.4, 0.5) is 0 Å². The number of hydrogen-bond acceptors (Lipinski definition) is 2. The summed E-state index contributed by atoms with van der Waals surface area (Å²) in [4.78, 5) is 0. The average Bonchev–Trinajstić information content (AvgIpc) is 2.98. The standard InChI is InChI=1S/C15H23NO/c1-11-8-13(9-12(2)14(11)17-3)10-15(4-5-15)6-7-16/h8-9H,4-7,10,16H2,1-3H3. The summed E-state index contributed by atoms with van der Waals surface area (Å²) in [5.74, 6) is 1.03. The zero-order valence-corrected chi connectivity index (χ0v) is 11.2. The van der Waals surface area contributed by atoms with Gasteiger partial charge in [0.05, 0.1) is 7.11 Å². The molecule has 17 heavy (non-hydrogen) atoms. The smallest absolute Gasteiger partial charge is 0.124 e. The lowest BCUT2D eigenvalue weighted by Gasteiger charge is -2.16. The fourth-order valence-electron chi connectivity index (χ4n) is 2.90. The van der Waals surface area contributed by atoms with Gasteiger partial charge in [0.15, 0.2) is 0 Å². The summed E-state index contributed by atoms with van der Waals surface area (Å²) in [6.45, 7) is 5.06. The van der Waals surface area contributed by atoms with Gasteiger partial charge in [0.1, 0.15) is 5.75 Å². The monoisotopic (exact) mass is 233 g/mol. The number of nitrogens with two attached hydrogens (primary N) is 1. The molecule has 2 heteroatoms. The Kier molecular flexibility index (Phi) is 3.43. The van der Waals surface area contributed by atoms with Gasteiger partial charge in [-0.15, -0.1) is 0 Å². The summed E-state index contributed by atoms with van der Waals surface area (Å²) in [5.41, 5.74) is 10.1. The Morgan fingerprint density at radius 2 is 1.82 bits per heavy atom. The Morgan fingerprint density at radius 1 is 1.24 bits per heavy atom. The van der Waals surface area contributed by atoms with Gasteiger partial charge in [-0.1, -0.05) is 12.1 Å². The molecule has 0 amide bonds. The largest absolute Gasteiger partial charge is 0.496 e. The number of benzene rings is 1. The molecule has 0 unspecified atom stereocenters. The van der Waals surface area contributed by atoms with Gasteiger partial charge in [-0.05, 0) is 68.2 Å². The van der Waals surface area contributed by atoms with Crippen LogP contribution in [0.15, 0.2) is 12.1 Å². The lowest BCUT2D eigenvalue weighted by Crippen LogP contribution is -2.12. The zero-order valence-electron chi connectivity index (χ0n) is 11.2. The van der Waals surface area contributed by atoms with Crippen molar-refractivity contribution in [1.82, 2.24) is 0 Å². The van der Waals surface area contributed by atoms with Crippen LogP contribution in [-0.4, -0.2) is 13.7 Å². The molecular weight excluding hydrogens is 210 g/mol. The second-order valence-electron chi connectivity index (χ2n) is 5.48. The van der Waals surface area contributed by atoms with Crippen molar-refractivity contribution in [2.75, 3.05) is 13.7 Å². The van der Waals surface area contributed by atoms with Gasteiger partial charge in [0.2, 0.25) is 0 Å². The number of aryl methyl sites for hydroxylation is 2. The van der Waals surface area contributed by atoms with Crippen molar-refractivity contribution in [1.29, 1.82) is 0 Å². The highest BCUT2D eigenvalue weighted by molar-refractivity contribution is 5.43. The lowest BCUT2D eigenvalue weighted by atomic mass is 9.91. The Morgan fingerprint density at radius 3 is 2.24 bits per heavy atom. The van der Waals surface area contributed by atoms with E-state index in [0.717, 1.165) is 18.7 Å². The van der Waals surface area contributed by atoms with Crippen molar-refractivity contribution in [2.45, 2.75) is 39.5 Å². The topological polar surface area (TPSA) is 35.2 Å². The van der Waals surface area contributed by atoms with E-state index >= 15 is 0 Å². The maximum absolute atomic E-state index is 5.69. The first kappa shape index (κ1) is 12.4. The molecule has 0 bridgehead atoms. The van der Waals surface area contributed by atoms with Crippen LogP contribution >= 0.6 is 0 Å². The van der Waals surface area contributed by atoms with Gasteiger partial charge in [-0.25, -0.2) is 0 Å². The van der Waals surface area contributed by atoms with Crippen LogP contribution in [0.25, 0.3) is 0 Å². The highest BCUT2D eigenvalue weighted by Gasteiger charge is 2.41. The van der Waals surface area contributed by atoms with E-state index in [2.05, 4.69) is 26.0 Å². The molecule has 0 aromatic heterocycles. The number of methoxy groups -OCH3 is 1. The first-order valence-electron chi connectivity index (χ1n) is 6.44. The third-order valence-corrected chi connectivity index (χ3v) is 3.94. The minimum atomic E-state index is 0.516. The second kappa shape index (κ2) is 4.69. The fraction of sp³-hybridized carbons (Fsp3) is 0.600. The molecule has 2 nitrogen and oxygen atoms in total. The van der Waals surface area contributed by atoms with Crippen LogP contribution in [0.2, 0.25) is 0 Å². The summed E-state index contributed by atoms with van der Waals surface area (Å²) in [6.07, 6.45) is 5.02. The van der Waals surface area contributed by atoms with E-state index in [1.54, 1.807) is 7.11 Å². The number of hydrogen-bond donors (Lipinski definition) is 1. The maximum atomic E-state index is 5.69. The summed E-state index contributed by atoms with van der Waals surface area (Å²) in [5, 5.41) is 0. The van der Waals surface area contributed by atoms with E-state index in [-0.39, 0.29) is 0 Å². The molecule has 0 spiro atoms. The maximum Gasteiger partial charge on any atom is 0.124 e. The van der Waals surface area contributed by atoms with Crippen LogP contribution < -0.4 is 10.5 Å². The molecule has 1 aliphatic rings. The molecule has 0 aliphatic heterocycles. The first-order valence-corrected chi connectivity index (χ1v) is 6.44. The van der Waals surface area contributed by atoms with Gasteiger partial charge in [-0.3, -0.25) is 0 Å². The Bertz CT molecular complexity index is 384. The average molecular weight is 233 g/mol. The summed E-state index contributed by atoms with van der Waals surface area (Å²) in [6, 6.07) is 4.53. The zero-order chi connectivity index (χ0) is 12.5. The molecule has 94 valence electrons. The van der Waals surface area contributed by atoms with E-state index in [0.29, 0.717) is 5.41 Å². The van der Waals surface area contributed by atoms with Gasteiger partial charge in [0.25, 0.3) is 0 Å². The lowest BCUT2D eigenvalue weighted by molar-refractivity contribution is 0.407. The van der Waals surface area contributed by atoms with E-state index in [9.17, 15) is 0 Å². The molecule has 1 saturated carbocycles. The normalized spacial score (nSPS) is 16.9. The molecule has 1 aromatic carbocycles. The van der Waals surface area contributed by atoms with Crippen molar-refractivity contribution >= 4 is 0 Å². The third-order valence-electron chi connectivity index (χ3n) is 3.94. The van der Waals surface area contributed by atoms with Gasteiger partial charge in [0, 0.05) is 0 Å². The Hall–Kier alpha value is -1.02. The molecule has 2 rings (SSSR count). The van der Waals surface area contributed by atoms with E-state index < -0.39 is 0 Å². The van der Waals surface area contributed by atoms with Crippen molar-refractivity contribution < 1.29 is 4.74 Å². The van der Waals surface area contributed by atoms with Crippen LogP contribution in [0.1, 0.15) is 36.0 Å². The summed E-state index contributed by atoms with van der Waals surface area (Å²) < 4.78 is 5.40. The van der Waals surface area contributed by atoms with Crippen LogP contribution in [0.3, 0.4) is 0 Å². The molecule has 0 atom stereocenters. The van der Waals surface area contributed by atoms with Crippen molar-refractivity contribution in [3.8, 4) is 5.75 Å². The molecule has 0 saturated heterocycles. The van der Waals surface area contributed by atoms with Crippen LogP contribution in [0, 0.1) is 19.3 Å². The second-order valence-corrected chi connectivity index (χ2v) is 5.48. The Labute approximate surface area is 104 Å². The highest BCUT2D eigenvalue weighted by atomic mass is 16.5. The minimum absolute atomic E-state index is 0.516. The molecule has 1 aliphatic carbocycles. The minimum Gasteiger partial charge on any atom is -0.496 e. The highest BCUT2D eigenvalue weighted by Crippen LogP contribution is 2.51. The summed E-state index contributed by atoms with van der Waals surface area (Å²) >= 11 is 0. The quantitative estimate of drug-likeness (QED) is 0.848. The molecule has 0 radical (unpaired) electrons. The summed E-state index contributed by atoms with van der Waals surface area (Å²) in [7, 11) is 1.74. The fourth-order valence-corrected chi connectivity index (χ4v) is 2.90. The molecule has 0 heterocycles. The van der Waals surface area contributed by atoms with Crippen molar-refractivity contribution in [3.05, 3.63) is 28.8 Å². The SMILES string of the molecule is COc1c(C)cc(CC2(CCN)CC2)cc1C. The van der Waals surface area contributed by atoms with E-state index in [1.165, 1.54) is 36.0 Å². The molecule has 2 N–H and O–H groups in total. The van der Waals surface area contributed by atoms with Crippen LogP contribution in [0.5, 0.6) is 5.75 Å². The van der Waals surface area contributed by atoms with E-state index in [1.807, 2.05) is 0 Å². The molecule has 1 fully saturated rings. The predicted molar refractivity (Wildman–Crippen MR) is 71.5 cm³/mol. The van der Waals surface area contributed by atoms with Crippen molar-refractivity contribution in [2.24, 2.45) is 11.1 Å². The van der Waals surface area contributed by atoms with Gasteiger partial charge in [-0.2, -0.15) is 0 Å². The number of rotatable bonds is 5. The Balaban J connectivity index is 2.17. The molecular formula is C15H23NO. The molecule has 1 aromatic rings.